The molecule has 2 rings (SSSR count). The molecule has 0 heterocycles. The van der Waals surface area contributed by atoms with Crippen LogP contribution in [0.1, 0.15) is 66.9 Å². The fraction of sp³-hybridized carbons (Fsp3) is 0.409. The van der Waals surface area contributed by atoms with Crippen LogP contribution in [0.4, 0.5) is 5.69 Å². The van der Waals surface area contributed by atoms with Gasteiger partial charge in [0.1, 0.15) is 0 Å². The van der Waals surface area contributed by atoms with Crippen molar-refractivity contribution in [1.82, 2.24) is 0 Å². The van der Waals surface area contributed by atoms with Crippen molar-refractivity contribution in [2.75, 3.05) is 5.32 Å². The average molecular weight is 404 g/mol. The van der Waals surface area contributed by atoms with Crippen LogP contribution in [0.5, 0.6) is 0 Å². The van der Waals surface area contributed by atoms with Crippen LogP contribution < -0.4 is 5.32 Å². The molecule has 0 aromatic heterocycles. The number of nitrogens with one attached hydrogen (secondary N) is 1. The van der Waals surface area contributed by atoms with Crippen molar-refractivity contribution in [2.45, 2.75) is 63.7 Å². The van der Waals surface area contributed by atoms with E-state index in [-0.39, 0.29) is 10.8 Å². The summed E-state index contributed by atoms with van der Waals surface area (Å²) in [5.41, 5.74) is 2.62. The van der Waals surface area contributed by atoms with Crippen LogP contribution in [0.25, 0.3) is 0 Å². The molecular weight excluding hydrogens is 374 g/mol. The summed E-state index contributed by atoms with van der Waals surface area (Å²) in [5, 5.41) is 2.75. The highest BCUT2D eigenvalue weighted by molar-refractivity contribution is 7.85. The van der Waals surface area contributed by atoms with E-state index in [0.717, 1.165) is 12.8 Å². The standard InChI is InChI=1S/C22H29NO4S/c1-3-4-5-6-7-8-9-18-10-12-19(13-11-18)22(24)23-20-14-15-21(17(2)16-20)28(25,26)27/h10-16H,3-9H2,1-2H3,(H,23,24)(H,25,26,27). The number of anilines is 1. The third-order valence-corrected chi connectivity index (χ3v) is 5.76. The van der Waals surface area contributed by atoms with Crippen molar-refractivity contribution < 1.29 is 17.8 Å². The third kappa shape index (κ3) is 6.77. The fourth-order valence-corrected chi connectivity index (χ4v) is 3.86. The van der Waals surface area contributed by atoms with Crippen molar-refractivity contribution in [2.24, 2.45) is 0 Å². The number of unbranched alkanes of at least 4 members (excludes halogenated alkanes) is 5. The molecule has 28 heavy (non-hydrogen) atoms. The molecule has 0 spiro atoms. The smallest absolute Gasteiger partial charge is 0.294 e. The van der Waals surface area contributed by atoms with Crippen LogP contribution in [-0.4, -0.2) is 18.9 Å². The molecule has 152 valence electrons. The van der Waals surface area contributed by atoms with Crippen LogP contribution in [0.2, 0.25) is 0 Å². The molecule has 2 aromatic carbocycles. The van der Waals surface area contributed by atoms with Gasteiger partial charge in [-0.05, 0) is 61.2 Å². The summed E-state index contributed by atoms with van der Waals surface area (Å²) in [6.07, 6.45) is 8.57. The zero-order chi connectivity index (χ0) is 20.6. The van der Waals surface area contributed by atoms with Gasteiger partial charge < -0.3 is 5.32 Å². The van der Waals surface area contributed by atoms with Crippen LogP contribution in [0.15, 0.2) is 47.4 Å². The molecule has 0 aliphatic heterocycles. The summed E-state index contributed by atoms with van der Waals surface area (Å²) in [6.45, 7) is 3.78. The maximum absolute atomic E-state index is 12.4. The number of hydrogen-bond acceptors (Lipinski definition) is 3. The number of rotatable bonds is 10. The normalized spacial score (nSPS) is 11.4. The Balaban J connectivity index is 1.90. The lowest BCUT2D eigenvalue weighted by atomic mass is 10.0. The van der Waals surface area contributed by atoms with Gasteiger partial charge in [0.25, 0.3) is 16.0 Å². The van der Waals surface area contributed by atoms with E-state index in [1.165, 1.54) is 55.9 Å². The van der Waals surface area contributed by atoms with Crippen LogP contribution in [0, 0.1) is 6.92 Å². The van der Waals surface area contributed by atoms with Crippen molar-refractivity contribution in [3.63, 3.8) is 0 Å². The molecular formula is C22H29NO4S. The van der Waals surface area contributed by atoms with E-state index in [0.29, 0.717) is 16.8 Å². The van der Waals surface area contributed by atoms with Gasteiger partial charge in [-0.2, -0.15) is 8.42 Å². The molecule has 2 aromatic rings. The topological polar surface area (TPSA) is 83.5 Å². The quantitative estimate of drug-likeness (QED) is 0.411. The van der Waals surface area contributed by atoms with E-state index in [2.05, 4.69) is 12.2 Å². The highest BCUT2D eigenvalue weighted by Gasteiger charge is 2.14. The van der Waals surface area contributed by atoms with Gasteiger partial charge in [0.15, 0.2) is 0 Å². The summed E-state index contributed by atoms with van der Waals surface area (Å²) < 4.78 is 31.6. The van der Waals surface area contributed by atoms with Crippen LogP contribution >= 0.6 is 0 Å². The summed E-state index contributed by atoms with van der Waals surface area (Å²) >= 11 is 0. The summed E-state index contributed by atoms with van der Waals surface area (Å²) in [7, 11) is -4.26. The lowest BCUT2D eigenvalue weighted by Crippen LogP contribution is -2.12. The Morgan fingerprint density at radius 3 is 2.21 bits per heavy atom. The van der Waals surface area contributed by atoms with Gasteiger partial charge in [0.2, 0.25) is 0 Å². The molecule has 0 aliphatic rings. The Kier molecular flexibility index (Phi) is 8.20. The summed E-state index contributed by atoms with van der Waals surface area (Å²) in [5.74, 6) is -0.259. The fourth-order valence-electron chi connectivity index (χ4n) is 3.15. The number of carbonyl (C=O) groups is 1. The zero-order valence-electron chi connectivity index (χ0n) is 16.6. The molecule has 0 saturated heterocycles. The Labute approximate surface area is 167 Å². The molecule has 0 atom stereocenters. The minimum Gasteiger partial charge on any atom is -0.322 e. The minimum atomic E-state index is -4.26. The number of aryl methyl sites for hydroxylation is 2. The SMILES string of the molecule is CCCCCCCCc1ccc(C(=O)Nc2ccc(S(=O)(=O)O)c(C)c2)cc1. The van der Waals surface area contributed by atoms with Crippen LogP contribution in [-0.2, 0) is 16.5 Å². The van der Waals surface area contributed by atoms with Gasteiger partial charge in [-0.25, -0.2) is 0 Å². The van der Waals surface area contributed by atoms with E-state index in [1.807, 2.05) is 12.1 Å². The van der Waals surface area contributed by atoms with Gasteiger partial charge in [0, 0.05) is 11.3 Å². The van der Waals surface area contributed by atoms with E-state index in [9.17, 15) is 13.2 Å². The van der Waals surface area contributed by atoms with Gasteiger partial charge in [0.05, 0.1) is 4.90 Å². The molecule has 6 heteroatoms. The molecule has 5 nitrogen and oxygen atoms in total. The first-order valence-electron chi connectivity index (χ1n) is 9.79. The molecule has 0 bridgehead atoms. The minimum absolute atomic E-state index is 0.162. The predicted molar refractivity (Wildman–Crippen MR) is 112 cm³/mol. The van der Waals surface area contributed by atoms with E-state index >= 15 is 0 Å². The number of carbonyl (C=O) groups excluding carboxylic acids is 1. The highest BCUT2D eigenvalue weighted by atomic mass is 32.2. The van der Waals surface area contributed by atoms with Crippen molar-refractivity contribution in [3.8, 4) is 0 Å². The predicted octanol–water partition coefficient (Wildman–Crippen LogP) is 5.40. The second-order valence-corrected chi connectivity index (χ2v) is 8.51. The Morgan fingerprint density at radius 2 is 1.61 bits per heavy atom. The lowest BCUT2D eigenvalue weighted by molar-refractivity contribution is 0.102. The summed E-state index contributed by atoms with van der Waals surface area (Å²) in [4.78, 5) is 12.2. The first-order valence-corrected chi connectivity index (χ1v) is 11.2. The molecule has 0 saturated carbocycles. The molecule has 0 aliphatic carbocycles. The Morgan fingerprint density at radius 1 is 0.964 bits per heavy atom. The van der Waals surface area contributed by atoms with Gasteiger partial charge in [-0.1, -0.05) is 51.2 Å². The number of amides is 1. The zero-order valence-corrected chi connectivity index (χ0v) is 17.4. The van der Waals surface area contributed by atoms with Crippen LogP contribution in [0.3, 0.4) is 0 Å². The second kappa shape index (κ2) is 10.4. The Bertz CT molecular complexity index is 889. The van der Waals surface area contributed by atoms with Gasteiger partial charge in [-0.3, -0.25) is 9.35 Å². The van der Waals surface area contributed by atoms with Gasteiger partial charge >= 0.3 is 0 Å². The Hall–Kier alpha value is -2.18. The lowest BCUT2D eigenvalue weighted by Gasteiger charge is -2.09. The average Bonchev–Trinajstić information content (AvgIpc) is 2.64. The highest BCUT2D eigenvalue weighted by Crippen LogP contribution is 2.20. The van der Waals surface area contributed by atoms with E-state index in [4.69, 9.17) is 4.55 Å². The molecule has 0 unspecified atom stereocenters. The van der Waals surface area contributed by atoms with Crippen molar-refractivity contribution in [1.29, 1.82) is 0 Å². The van der Waals surface area contributed by atoms with E-state index < -0.39 is 10.1 Å². The molecule has 0 fully saturated rings. The monoisotopic (exact) mass is 403 g/mol. The van der Waals surface area contributed by atoms with E-state index in [1.54, 1.807) is 19.1 Å². The maximum atomic E-state index is 12.4. The van der Waals surface area contributed by atoms with Crippen molar-refractivity contribution in [3.05, 3.63) is 59.2 Å². The molecule has 1 amide bonds. The molecule has 2 N–H and O–H groups in total. The summed E-state index contributed by atoms with van der Waals surface area (Å²) in [6, 6.07) is 11.8. The second-order valence-electron chi connectivity index (χ2n) is 7.12. The first-order chi connectivity index (χ1) is 13.3. The van der Waals surface area contributed by atoms with Gasteiger partial charge in [-0.15, -0.1) is 0 Å². The van der Waals surface area contributed by atoms with Crippen molar-refractivity contribution >= 4 is 21.7 Å². The molecule has 0 radical (unpaired) electrons. The maximum Gasteiger partial charge on any atom is 0.294 e. The largest absolute Gasteiger partial charge is 0.322 e. The number of benzene rings is 2. The first kappa shape index (κ1) is 22.1. The third-order valence-electron chi connectivity index (χ3n) is 4.75. The number of hydrogen-bond donors (Lipinski definition) is 2.